The number of hydrogen-bond donors (Lipinski definition) is 0. The zero-order valence-corrected chi connectivity index (χ0v) is 12.5. The standard InChI is InChI=1S/C15H26N2O3/c1-13(18)17-6-8-20-15(12-17)4-2-5-16(11-15)9-14-3-7-19-10-14/h14H,2-12H2,1H3/t14-,15-/m0/s1. The van der Waals surface area contributed by atoms with Gasteiger partial charge < -0.3 is 19.3 Å². The Balaban J connectivity index is 1.59. The molecule has 20 heavy (non-hydrogen) atoms. The number of amides is 1. The number of morpholine rings is 1. The predicted octanol–water partition coefficient (Wildman–Crippen LogP) is 0.736. The zero-order valence-electron chi connectivity index (χ0n) is 12.5. The monoisotopic (exact) mass is 282 g/mol. The van der Waals surface area contributed by atoms with Gasteiger partial charge in [-0.25, -0.2) is 0 Å². The Morgan fingerprint density at radius 2 is 2.20 bits per heavy atom. The van der Waals surface area contributed by atoms with E-state index in [4.69, 9.17) is 9.47 Å². The van der Waals surface area contributed by atoms with Crippen molar-refractivity contribution in [2.45, 2.75) is 31.8 Å². The summed E-state index contributed by atoms with van der Waals surface area (Å²) in [6.45, 7) is 8.91. The molecule has 0 radical (unpaired) electrons. The lowest BCUT2D eigenvalue weighted by Crippen LogP contribution is -2.60. The van der Waals surface area contributed by atoms with Gasteiger partial charge in [0, 0.05) is 33.2 Å². The Bertz CT molecular complexity index is 353. The third kappa shape index (κ3) is 3.15. The highest BCUT2D eigenvalue weighted by Crippen LogP contribution is 2.30. The van der Waals surface area contributed by atoms with Gasteiger partial charge in [0.25, 0.3) is 0 Å². The molecule has 3 rings (SSSR count). The second-order valence-electron chi connectivity index (χ2n) is 6.54. The van der Waals surface area contributed by atoms with Crippen molar-refractivity contribution >= 4 is 5.91 Å². The van der Waals surface area contributed by atoms with E-state index in [1.54, 1.807) is 6.92 Å². The van der Waals surface area contributed by atoms with E-state index in [0.717, 1.165) is 52.4 Å². The average Bonchev–Trinajstić information content (AvgIpc) is 2.92. The molecule has 0 N–H and O–H groups in total. The smallest absolute Gasteiger partial charge is 0.219 e. The van der Waals surface area contributed by atoms with Crippen molar-refractivity contribution in [3.63, 3.8) is 0 Å². The minimum Gasteiger partial charge on any atom is -0.381 e. The number of piperidine rings is 1. The molecule has 0 aromatic carbocycles. The normalized spacial score (nSPS) is 35.6. The first-order valence-electron chi connectivity index (χ1n) is 7.86. The molecule has 3 saturated heterocycles. The van der Waals surface area contributed by atoms with Crippen LogP contribution in [0.3, 0.4) is 0 Å². The minimum atomic E-state index is -0.123. The first kappa shape index (κ1) is 14.3. The Hall–Kier alpha value is -0.650. The summed E-state index contributed by atoms with van der Waals surface area (Å²) in [5.41, 5.74) is -0.123. The van der Waals surface area contributed by atoms with E-state index >= 15 is 0 Å². The summed E-state index contributed by atoms with van der Waals surface area (Å²) in [5.74, 6) is 0.853. The van der Waals surface area contributed by atoms with Crippen molar-refractivity contribution in [2.75, 3.05) is 52.5 Å². The molecule has 114 valence electrons. The van der Waals surface area contributed by atoms with Crippen LogP contribution in [0.1, 0.15) is 26.2 Å². The SMILES string of the molecule is CC(=O)N1CCO[C@]2(CCCN(C[C@@H]3CCOC3)C2)C1. The van der Waals surface area contributed by atoms with Gasteiger partial charge >= 0.3 is 0 Å². The highest BCUT2D eigenvalue weighted by molar-refractivity contribution is 5.73. The summed E-state index contributed by atoms with van der Waals surface area (Å²) < 4.78 is 11.6. The summed E-state index contributed by atoms with van der Waals surface area (Å²) in [6.07, 6.45) is 3.43. The molecule has 5 nitrogen and oxygen atoms in total. The van der Waals surface area contributed by atoms with Crippen LogP contribution in [0, 0.1) is 5.92 Å². The molecule has 0 saturated carbocycles. The van der Waals surface area contributed by atoms with Crippen molar-refractivity contribution < 1.29 is 14.3 Å². The van der Waals surface area contributed by atoms with Gasteiger partial charge in [0.1, 0.15) is 0 Å². The van der Waals surface area contributed by atoms with E-state index in [1.807, 2.05) is 4.90 Å². The van der Waals surface area contributed by atoms with Crippen LogP contribution in [0.25, 0.3) is 0 Å². The maximum absolute atomic E-state index is 11.6. The third-order valence-electron chi connectivity index (χ3n) is 4.85. The van der Waals surface area contributed by atoms with E-state index in [9.17, 15) is 4.79 Å². The van der Waals surface area contributed by atoms with Crippen LogP contribution >= 0.6 is 0 Å². The molecule has 2 atom stereocenters. The maximum atomic E-state index is 11.6. The fraction of sp³-hybridized carbons (Fsp3) is 0.933. The molecule has 0 aromatic rings. The van der Waals surface area contributed by atoms with Crippen LogP contribution in [0.4, 0.5) is 0 Å². The number of nitrogens with zero attached hydrogens (tertiary/aromatic N) is 2. The van der Waals surface area contributed by atoms with Gasteiger partial charge in [0.05, 0.1) is 25.4 Å². The average molecular weight is 282 g/mol. The number of rotatable bonds is 2. The molecule has 0 bridgehead atoms. The van der Waals surface area contributed by atoms with E-state index in [1.165, 1.54) is 12.8 Å². The van der Waals surface area contributed by atoms with Gasteiger partial charge in [-0.15, -0.1) is 0 Å². The van der Waals surface area contributed by atoms with Crippen LogP contribution in [0.15, 0.2) is 0 Å². The lowest BCUT2D eigenvalue weighted by atomic mass is 9.90. The lowest BCUT2D eigenvalue weighted by molar-refractivity contribution is -0.160. The Morgan fingerprint density at radius 1 is 1.30 bits per heavy atom. The first-order valence-corrected chi connectivity index (χ1v) is 7.86. The van der Waals surface area contributed by atoms with Crippen LogP contribution in [0.5, 0.6) is 0 Å². The third-order valence-corrected chi connectivity index (χ3v) is 4.85. The van der Waals surface area contributed by atoms with Crippen LogP contribution in [-0.2, 0) is 14.3 Å². The Morgan fingerprint density at radius 3 is 2.95 bits per heavy atom. The van der Waals surface area contributed by atoms with E-state index in [-0.39, 0.29) is 11.5 Å². The van der Waals surface area contributed by atoms with Gasteiger partial charge in [-0.05, 0) is 31.7 Å². The fourth-order valence-corrected chi connectivity index (χ4v) is 3.80. The molecule has 1 amide bonds. The molecule has 5 heteroatoms. The molecule has 3 fully saturated rings. The van der Waals surface area contributed by atoms with Gasteiger partial charge in [-0.3, -0.25) is 4.79 Å². The van der Waals surface area contributed by atoms with Crippen LogP contribution in [-0.4, -0.2) is 73.9 Å². The fourth-order valence-electron chi connectivity index (χ4n) is 3.80. The lowest BCUT2D eigenvalue weighted by Gasteiger charge is -2.48. The summed E-state index contributed by atoms with van der Waals surface area (Å²) in [6, 6.07) is 0. The summed E-state index contributed by atoms with van der Waals surface area (Å²) >= 11 is 0. The highest BCUT2D eigenvalue weighted by atomic mass is 16.5. The summed E-state index contributed by atoms with van der Waals surface area (Å²) in [7, 11) is 0. The van der Waals surface area contributed by atoms with Crippen molar-refractivity contribution in [3.05, 3.63) is 0 Å². The Kier molecular flexibility index (Phi) is 4.29. The number of ether oxygens (including phenoxy) is 2. The molecule has 1 spiro atoms. The van der Waals surface area contributed by atoms with Gasteiger partial charge in [-0.2, -0.15) is 0 Å². The molecule has 3 aliphatic heterocycles. The van der Waals surface area contributed by atoms with Crippen LogP contribution in [0.2, 0.25) is 0 Å². The molecule has 0 unspecified atom stereocenters. The van der Waals surface area contributed by atoms with Gasteiger partial charge in [0.15, 0.2) is 0 Å². The molecular weight excluding hydrogens is 256 g/mol. The summed E-state index contributed by atoms with van der Waals surface area (Å²) in [4.78, 5) is 16.1. The van der Waals surface area contributed by atoms with Crippen LogP contribution < -0.4 is 0 Å². The highest BCUT2D eigenvalue weighted by Gasteiger charge is 2.41. The molecule has 0 aromatic heterocycles. The quantitative estimate of drug-likeness (QED) is 0.749. The number of likely N-dealkylation sites (tertiary alicyclic amines) is 1. The van der Waals surface area contributed by atoms with Gasteiger partial charge in [0.2, 0.25) is 5.91 Å². The minimum absolute atomic E-state index is 0.123. The first-order chi connectivity index (χ1) is 9.67. The van der Waals surface area contributed by atoms with Crippen molar-refractivity contribution in [1.29, 1.82) is 0 Å². The van der Waals surface area contributed by atoms with Gasteiger partial charge in [-0.1, -0.05) is 0 Å². The zero-order chi connectivity index (χ0) is 14.0. The maximum Gasteiger partial charge on any atom is 0.219 e. The Labute approximate surface area is 121 Å². The second-order valence-corrected chi connectivity index (χ2v) is 6.54. The van der Waals surface area contributed by atoms with Crippen molar-refractivity contribution in [3.8, 4) is 0 Å². The topological polar surface area (TPSA) is 42.0 Å². The van der Waals surface area contributed by atoms with Crippen molar-refractivity contribution in [2.24, 2.45) is 5.92 Å². The van der Waals surface area contributed by atoms with E-state index < -0.39 is 0 Å². The van der Waals surface area contributed by atoms with E-state index in [2.05, 4.69) is 4.90 Å². The molecule has 3 aliphatic rings. The number of hydrogen-bond acceptors (Lipinski definition) is 4. The molecule has 0 aliphatic carbocycles. The molecule has 3 heterocycles. The van der Waals surface area contributed by atoms with Crippen molar-refractivity contribution in [1.82, 2.24) is 9.80 Å². The summed E-state index contributed by atoms with van der Waals surface area (Å²) in [5, 5.41) is 0. The van der Waals surface area contributed by atoms with E-state index in [0.29, 0.717) is 12.5 Å². The largest absolute Gasteiger partial charge is 0.381 e. The number of carbonyl (C=O) groups is 1. The predicted molar refractivity (Wildman–Crippen MR) is 75.5 cm³/mol. The number of carbonyl (C=O) groups excluding carboxylic acids is 1. The molecular formula is C15H26N2O3. The second kappa shape index (κ2) is 6.00.